The number of nitrogens with zero attached hydrogens (tertiary/aromatic N) is 2. The summed E-state index contributed by atoms with van der Waals surface area (Å²) in [5.74, 6) is 1.28. The summed E-state index contributed by atoms with van der Waals surface area (Å²) >= 11 is 0. The van der Waals surface area contributed by atoms with E-state index in [2.05, 4.69) is 41.3 Å². The molecule has 164 valence electrons. The molecule has 1 heterocycles. The minimum Gasteiger partial charge on any atom is -0.367 e. The summed E-state index contributed by atoms with van der Waals surface area (Å²) in [6.45, 7) is 10.6. The first-order valence-electron chi connectivity index (χ1n) is 10.2. The van der Waals surface area contributed by atoms with Gasteiger partial charge in [-0.05, 0) is 37.8 Å². The Morgan fingerprint density at radius 1 is 1.28 bits per heavy atom. The monoisotopic (exact) mass is 414 g/mol. The standard InChI is InChI=1S/C21H33F3N4O/c1-5-25-20(27-19-12-28(15(2)3)11-16(19)4)26-10-17-7-6-8-18(9-17)13-29-14-21(22,23)24/h6-9,15-16,19H,5,10-14H2,1-4H3,(H2,25,26,27). The first-order chi connectivity index (χ1) is 13.7. The third-order valence-electron chi connectivity index (χ3n) is 4.98. The van der Waals surface area contributed by atoms with Crippen LogP contribution in [-0.2, 0) is 17.9 Å². The molecule has 8 heteroatoms. The van der Waals surface area contributed by atoms with Gasteiger partial charge in [0.2, 0.25) is 0 Å². The highest BCUT2D eigenvalue weighted by molar-refractivity contribution is 5.80. The van der Waals surface area contributed by atoms with E-state index >= 15 is 0 Å². The molecule has 2 unspecified atom stereocenters. The molecule has 0 saturated carbocycles. The lowest BCUT2D eigenvalue weighted by atomic mass is 10.1. The predicted molar refractivity (Wildman–Crippen MR) is 110 cm³/mol. The van der Waals surface area contributed by atoms with E-state index in [4.69, 9.17) is 4.74 Å². The van der Waals surface area contributed by atoms with Crippen molar-refractivity contribution in [3.63, 3.8) is 0 Å². The number of halogens is 3. The lowest BCUT2D eigenvalue weighted by Crippen LogP contribution is -2.46. The van der Waals surface area contributed by atoms with Gasteiger partial charge in [0, 0.05) is 31.7 Å². The normalized spacial score (nSPS) is 21.0. The molecule has 1 saturated heterocycles. The van der Waals surface area contributed by atoms with E-state index in [0.29, 0.717) is 30.1 Å². The minimum atomic E-state index is -4.31. The number of hydrogen-bond acceptors (Lipinski definition) is 3. The second-order valence-corrected chi connectivity index (χ2v) is 7.90. The number of hydrogen-bond donors (Lipinski definition) is 2. The molecular formula is C21H33F3N4O. The summed E-state index contributed by atoms with van der Waals surface area (Å²) in [5.41, 5.74) is 1.63. The van der Waals surface area contributed by atoms with Gasteiger partial charge < -0.3 is 15.4 Å². The molecule has 1 aliphatic rings. The van der Waals surface area contributed by atoms with Crippen LogP contribution in [0.15, 0.2) is 29.3 Å². The van der Waals surface area contributed by atoms with Crippen molar-refractivity contribution >= 4 is 5.96 Å². The van der Waals surface area contributed by atoms with E-state index in [0.717, 1.165) is 31.2 Å². The van der Waals surface area contributed by atoms with Crippen LogP contribution in [0.5, 0.6) is 0 Å². The zero-order chi connectivity index (χ0) is 21.4. The summed E-state index contributed by atoms with van der Waals surface area (Å²) in [6, 6.07) is 8.18. The Bertz CT molecular complexity index is 664. The molecule has 5 nitrogen and oxygen atoms in total. The molecule has 1 aliphatic heterocycles. The number of aliphatic imine (C=N–C) groups is 1. The molecule has 1 fully saturated rings. The van der Waals surface area contributed by atoms with Gasteiger partial charge in [-0.25, -0.2) is 4.99 Å². The predicted octanol–water partition coefficient (Wildman–Crippen LogP) is 3.55. The quantitative estimate of drug-likeness (QED) is 0.505. The van der Waals surface area contributed by atoms with Crippen LogP contribution >= 0.6 is 0 Å². The third kappa shape index (κ3) is 8.22. The molecule has 0 amide bonds. The van der Waals surface area contributed by atoms with Gasteiger partial charge in [0.15, 0.2) is 5.96 Å². The average molecular weight is 415 g/mol. The SMILES string of the molecule is CCNC(=NCc1cccc(COCC(F)(F)F)c1)NC1CN(C(C)C)CC1C. The van der Waals surface area contributed by atoms with Crippen molar-refractivity contribution in [3.05, 3.63) is 35.4 Å². The highest BCUT2D eigenvalue weighted by Gasteiger charge is 2.31. The van der Waals surface area contributed by atoms with E-state index in [1.807, 2.05) is 25.1 Å². The topological polar surface area (TPSA) is 48.9 Å². The molecule has 0 radical (unpaired) electrons. The summed E-state index contributed by atoms with van der Waals surface area (Å²) in [4.78, 5) is 7.12. The van der Waals surface area contributed by atoms with Gasteiger partial charge >= 0.3 is 6.18 Å². The fourth-order valence-corrected chi connectivity index (χ4v) is 3.38. The smallest absolute Gasteiger partial charge is 0.367 e. The van der Waals surface area contributed by atoms with Gasteiger partial charge in [0.05, 0.1) is 13.2 Å². The number of rotatable bonds is 8. The van der Waals surface area contributed by atoms with Crippen molar-refractivity contribution in [2.24, 2.45) is 10.9 Å². The largest absolute Gasteiger partial charge is 0.411 e. The Morgan fingerprint density at radius 3 is 2.62 bits per heavy atom. The summed E-state index contributed by atoms with van der Waals surface area (Å²) < 4.78 is 41.4. The van der Waals surface area contributed by atoms with Crippen molar-refractivity contribution in [2.75, 3.05) is 26.2 Å². The molecule has 0 spiro atoms. The van der Waals surface area contributed by atoms with Gasteiger partial charge in [-0.15, -0.1) is 0 Å². The first kappa shape index (κ1) is 23.5. The fraction of sp³-hybridized carbons (Fsp3) is 0.667. The van der Waals surface area contributed by atoms with E-state index in [1.165, 1.54) is 0 Å². The molecule has 0 aliphatic carbocycles. The molecule has 1 aromatic carbocycles. The van der Waals surface area contributed by atoms with Gasteiger partial charge in [0.1, 0.15) is 6.61 Å². The maximum Gasteiger partial charge on any atom is 0.411 e. The molecular weight excluding hydrogens is 381 g/mol. The number of benzene rings is 1. The van der Waals surface area contributed by atoms with Crippen molar-refractivity contribution in [3.8, 4) is 0 Å². The van der Waals surface area contributed by atoms with Crippen LogP contribution in [0.4, 0.5) is 13.2 Å². The Labute approximate surface area is 171 Å². The Hall–Kier alpha value is -1.80. The van der Waals surface area contributed by atoms with Crippen LogP contribution in [0, 0.1) is 5.92 Å². The van der Waals surface area contributed by atoms with E-state index in [9.17, 15) is 13.2 Å². The van der Waals surface area contributed by atoms with Crippen LogP contribution in [0.3, 0.4) is 0 Å². The summed E-state index contributed by atoms with van der Waals surface area (Å²) in [7, 11) is 0. The third-order valence-corrected chi connectivity index (χ3v) is 4.98. The number of ether oxygens (including phenoxy) is 1. The van der Waals surface area contributed by atoms with Gasteiger partial charge in [0.25, 0.3) is 0 Å². The lowest BCUT2D eigenvalue weighted by Gasteiger charge is -2.22. The summed E-state index contributed by atoms with van der Waals surface area (Å²) in [6.07, 6.45) is -4.31. The van der Waals surface area contributed by atoms with Crippen LogP contribution in [-0.4, -0.2) is 55.4 Å². The average Bonchev–Trinajstić information content (AvgIpc) is 3.00. The van der Waals surface area contributed by atoms with Crippen LogP contribution in [0.1, 0.15) is 38.8 Å². The number of alkyl halides is 3. The molecule has 2 atom stereocenters. The lowest BCUT2D eigenvalue weighted by molar-refractivity contribution is -0.176. The Morgan fingerprint density at radius 2 is 2.00 bits per heavy atom. The highest BCUT2D eigenvalue weighted by atomic mass is 19.4. The van der Waals surface area contributed by atoms with Crippen LogP contribution in [0.25, 0.3) is 0 Å². The maximum absolute atomic E-state index is 12.2. The van der Waals surface area contributed by atoms with E-state index < -0.39 is 12.8 Å². The molecule has 1 aromatic rings. The number of nitrogens with one attached hydrogen (secondary N) is 2. The van der Waals surface area contributed by atoms with Gasteiger partial charge in [-0.2, -0.15) is 13.2 Å². The van der Waals surface area contributed by atoms with E-state index in [-0.39, 0.29) is 6.61 Å². The second-order valence-electron chi connectivity index (χ2n) is 7.90. The molecule has 0 bridgehead atoms. The molecule has 2 rings (SSSR count). The summed E-state index contributed by atoms with van der Waals surface area (Å²) in [5, 5.41) is 6.82. The number of likely N-dealkylation sites (tertiary alicyclic amines) is 1. The van der Waals surface area contributed by atoms with Crippen molar-refractivity contribution < 1.29 is 17.9 Å². The van der Waals surface area contributed by atoms with E-state index in [1.54, 1.807) is 6.07 Å². The Kier molecular flexibility index (Phi) is 8.77. The van der Waals surface area contributed by atoms with Gasteiger partial charge in [-0.1, -0.05) is 31.2 Å². The fourth-order valence-electron chi connectivity index (χ4n) is 3.38. The molecule has 2 N–H and O–H groups in total. The van der Waals surface area contributed by atoms with Crippen molar-refractivity contribution in [2.45, 2.75) is 59.1 Å². The number of guanidine groups is 1. The molecule has 0 aromatic heterocycles. The van der Waals surface area contributed by atoms with Crippen LogP contribution in [0.2, 0.25) is 0 Å². The first-order valence-corrected chi connectivity index (χ1v) is 10.2. The highest BCUT2D eigenvalue weighted by Crippen LogP contribution is 2.19. The molecule has 29 heavy (non-hydrogen) atoms. The maximum atomic E-state index is 12.2. The second kappa shape index (κ2) is 10.8. The Balaban J connectivity index is 1.95. The van der Waals surface area contributed by atoms with Crippen molar-refractivity contribution in [1.82, 2.24) is 15.5 Å². The van der Waals surface area contributed by atoms with Crippen LogP contribution < -0.4 is 10.6 Å². The van der Waals surface area contributed by atoms with Crippen molar-refractivity contribution in [1.29, 1.82) is 0 Å². The zero-order valence-corrected chi connectivity index (χ0v) is 17.7. The zero-order valence-electron chi connectivity index (χ0n) is 17.7. The van der Waals surface area contributed by atoms with Gasteiger partial charge in [-0.3, -0.25) is 4.90 Å². The minimum absolute atomic E-state index is 0.0694.